The van der Waals surface area contributed by atoms with Gasteiger partial charge < -0.3 is 28.7 Å². The van der Waals surface area contributed by atoms with Crippen LogP contribution >= 0.6 is 11.6 Å². The number of urea groups is 1. The van der Waals surface area contributed by atoms with E-state index in [1.54, 1.807) is 25.2 Å². The van der Waals surface area contributed by atoms with Crippen LogP contribution in [0.3, 0.4) is 0 Å². The first kappa shape index (κ1) is 42.0. The average molecular weight is 787 g/mol. The number of amides is 3. The standard InChI is InChI=1S/C39H53ClN4O7S.C2H6/c1-26-8-6-10-35(49-5)28(3)27(2)20-44-24-39(15-7-9-29-18-31(40)12-13-33(29)39)25-51-36-14-11-30(19-34(36)44)37(45)41-52(47,23-26)42-38(46)43-16-17-50-32(21-43)22-48-4;1-2/h6,10-14,18-19,26-28,32,35H,7-9,15-17,20-25H2,1-5H3,(H,41,42,45,46,47);1-2H3/b10-6+;/t26-,27-,28+,32-,35-,39-,52?;/m0./s1. The summed E-state index contributed by atoms with van der Waals surface area (Å²) in [4.78, 5) is 31.5. The van der Waals surface area contributed by atoms with E-state index in [0.717, 1.165) is 30.0 Å². The number of hydrogen-bond donors (Lipinski definition) is 1. The van der Waals surface area contributed by atoms with Crippen LogP contribution in [-0.2, 0) is 36.0 Å². The molecular weight excluding hydrogens is 728 g/mol. The molecule has 4 aliphatic rings. The number of morpholine rings is 1. The molecule has 3 amide bonds. The van der Waals surface area contributed by atoms with Crippen molar-refractivity contribution in [1.29, 1.82) is 0 Å². The third-order valence-electron chi connectivity index (χ3n) is 11.1. The van der Waals surface area contributed by atoms with Crippen LogP contribution in [0.5, 0.6) is 5.75 Å². The summed E-state index contributed by atoms with van der Waals surface area (Å²) < 4.78 is 45.2. The lowest BCUT2D eigenvalue weighted by Crippen LogP contribution is -2.52. The molecule has 11 nitrogen and oxygen atoms in total. The summed E-state index contributed by atoms with van der Waals surface area (Å²) in [5.41, 5.74) is 3.29. The number of halogens is 1. The summed E-state index contributed by atoms with van der Waals surface area (Å²) in [6, 6.07) is 11.0. The summed E-state index contributed by atoms with van der Waals surface area (Å²) in [6.45, 7) is 13.5. The largest absolute Gasteiger partial charge is 0.490 e. The summed E-state index contributed by atoms with van der Waals surface area (Å²) in [5.74, 6) is 0.224. The number of hydrogen-bond acceptors (Lipinski definition) is 8. The molecule has 2 aromatic carbocycles. The summed E-state index contributed by atoms with van der Waals surface area (Å²) >= 11 is 6.46. The molecule has 0 radical (unpaired) electrons. The molecule has 54 heavy (non-hydrogen) atoms. The van der Waals surface area contributed by atoms with Gasteiger partial charge in [0.15, 0.2) is 0 Å². The molecule has 1 spiro atoms. The second-order valence-corrected chi connectivity index (χ2v) is 17.5. The van der Waals surface area contributed by atoms with Gasteiger partial charge in [0.1, 0.15) is 15.7 Å². The van der Waals surface area contributed by atoms with Gasteiger partial charge in [0.05, 0.1) is 50.0 Å². The lowest BCUT2D eigenvalue weighted by atomic mass is 9.70. The van der Waals surface area contributed by atoms with Crippen LogP contribution in [0, 0.1) is 17.8 Å². The number of allylic oxidation sites excluding steroid dienone is 1. The zero-order valence-electron chi connectivity index (χ0n) is 33.0. The minimum absolute atomic E-state index is 0.00358. The Hall–Kier alpha value is -3.16. The molecule has 1 saturated heterocycles. The summed E-state index contributed by atoms with van der Waals surface area (Å²) in [5, 5.41) is 0.731. The van der Waals surface area contributed by atoms with Gasteiger partial charge in [-0.2, -0.15) is 0 Å². The Morgan fingerprint density at radius 2 is 1.93 bits per heavy atom. The first-order valence-corrected chi connectivity index (χ1v) is 21.5. The van der Waals surface area contributed by atoms with Crippen LogP contribution in [0.2, 0.25) is 5.02 Å². The highest BCUT2D eigenvalue weighted by Crippen LogP contribution is 2.45. The van der Waals surface area contributed by atoms with E-state index in [1.165, 1.54) is 11.1 Å². The van der Waals surface area contributed by atoms with Crippen LogP contribution in [0.4, 0.5) is 10.5 Å². The fourth-order valence-electron chi connectivity index (χ4n) is 8.13. The SMILES string of the molecule is CC.COC[C@@H]1CN(C(=O)NS2(=O)=NC(=O)c3ccc4c(c3)N(C[C@H](C)[C@@H](C)[C@@H](OC)/C=C/C[C@H](C)C2)C[C@@]2(CCCc3cc(Cl)ccc32)CO4)CCO1. The number of carbonyl (C=O) groups is 2. The van der Waals surface area contributed by atoms with Crippen molar-refractivity contribution in [2.45, 2.75) is 77.9 Å². The minimum atomic E-state index is -3.54. The van der Waals surface area contributed by atoms with Crippen molar-refractivity contribution in [3.05, 3.63) is 70.3 Å². The second kappa shape index (κ2) is 18.7. The lowest BCUT2D eigenvalue weighted by molar-refractivity contribution is -0.0489. The van der Waals surface area contributed by atoms with Crippen molar-refractivity contribution in [1.82, 2.24) is 9.62 Å². The van der Waals surface area contributed by atoms with Crippen molar-refractivity contribution in [2.75, 3.05) is 70.9 Å². The summed E-state index contributed by atoms with van der Waals surface area (Å²) in [7, 11) is -0.234. The Bertz CT molecular complexity index is 1780. The number of benzene rings is 2. The van der Waals surface area contributed by atoms with E-state index < -0.39 is 21.9 Å². The number of nitrogens with one attached hydrogen (secondary N) is 1. The third kappa shape index (κ3) is 9.79. The van der Waals surface area contributed by atoms with Crippen molar-refractivity contribution in [3.8, 4) is 5.75 Å². The molecule has 0 aromatic heterocycles. The molecule has 298 valence electrons. The molecule has 2 aromatic rings. The van der Waals surface area contributed by atoms with Crippen molar-refractivity contribution >= 4 is 39.1 Å². The lowest BCUT2D eigenvalue weighted by Gasteiger charge is -2.42. The molecule has 0 saturated carbocycles. The maximum absolute atomic E-state index is 14.6. The van der Waals surface area contributed by atoms with Crippen LogP contribution in [-0.4, -0.2) is 99.2 Å². The van der Waals surface area contributed by atoms with Crippen LogP contribution < -0.4 is 14.4 Å². The van der Waals surface area contributed by atoms with Gasteiger partial charge in [-0.3, -0.25) is 9.52 Å². The van der Waals surface area contributed by atoms with E-state index in [9.17, 15) is 13.8 Å². The van der Waals surface area contributed by atoms with E-state index in [1.807, 2.05) is 45.0 Å². The van der Waals surface area contributed by atoms with E-state index in [2.05, 4.69) is 46.0 Å². The second-order valence-electron chi connectivity index (χ2n) is 15.1. The number of anilines is 1. The van der Waals surface area contributed by atoms with E-state index in [-0.39, 0.29) is 53.2 Å². The van der Waals surface area contributed by atoms with Gasteiger partial charge in [0.25, 0.3) is 5.91 Å². The van der Waals surface area contributed by atoms with Crippen LogP contribution in [0.15, 0.2) is 52.9 Å². The first-order chi connectivity index (χ1) is 25.9. The van der Waals surface area contributed by atoms with E-state index in [4.69, 9.17) is 30.5 Å². The molecule has 1 fully saturated rings. The molecular formula is C41H59ClN4O7S. The maximum Gasteiger partial charge on any atom is 0.330 e. The van der Waals surface area contributed by atoms with Gasteiger partial charge >= 0.3 is 6.03 Å². The number of carbonyl (C=O) groups excluding carboxylic acids is 2. The maximum atomic E-state index is 14.6. The Morgan fingerprint density at radius 1 is 1.13 bits per heavy atom. The predicted molar refractivity (Wildman–Crippen MR) is 215 cm³/mol. The number of nitrogens with zero attached hydrogens (tertiary/aromatic N) is 3. The van der Waals surface area contributed by atoms with Gasteiger partial charge in [-0.1, -0.05) is 64.4 Å². The molecule has 13 heteroatoms. The summed E-state index contributed by atoms with van der Waals surface area (Å²) in [6.07, 6.45) is 7.19. The molecule has 7 atom stereocenters. The smallest absolute Gasteiger partial charge is 0.330 e. The van der Waals surface area contributed by atoms with Crippen LogP contribution in [0.1, 0.15) is 75.4 Å². The zero-order chi connectivity index (χ0) is 39.0. The van der Waals surface area contributed by atoms with Gasteiger partial charge in [-0.05, 0) is 84.9 Å². The number of ether oxygens (including phenoxy) is 4. The molecule has 6 rings (SSSR count). The Kier molecular flexibility index (Phi) is 14.5. The number of methoxy groups -OCH3 is 2. The number of rotatable bonds is 4. The van der Waals surface area contributed by atoms with Gasteiger partial charge in [0.2, 0.25) is 0 Å². The fraction of sp³-hybridized carbons (Fsp3) is 0.610. The van der Waals surface area contributed by atoms with Gasteiger partial charge in [-0.25, -0.2) is 9.00 Å². The van der Waals surface area contributed by atoms with Crippen LogP contribution in [0.25, 0.3) is 0 Å². The first-order valence-electron chi connectivity index (χ1n) is 19.4. The molecule has 2 bridgehead atoms. The fourth-order valence-corrected chi connectivity index (χ4v) is 10.2. The van der Waals surface area contributed by atoms with Crippen molar-refractivity contribution < 1.29 is 32.7 Å². The van der Waals surface area contributed by atoms with Crippen molar-refractivity contribution in [3.63, 3.8) is 0 Å². The number of fused-ring (bicyclic) bond motifs is 3. The van der Waals surface area contributed by atoms with Gasteiger partial charge in [0, 0.05) is 49.9 Å². The highest BCUT2D eigenvalue weighted by Gasteiger charge is 2.42. The monoisotopic (exact) mass is 786 g/mol. The topological polar surface area (TPSA) is 119 Å². The Morgan fingerprint density at radius 3 is 2.69 bits per heavy atom. The predicted octanol–water partition coefficient (Wildman–Crippen LogP) is 7.30. The minimum Gasteiger partial charge on any atom is -0.490 e. The zero-order valence-corrected chi connectivity index (χ0v) is 34.5. The molecule has 3 aliphatic heterocycles. The van der Waals surface area contributed by atoms with E-state index >= 15 is 0 Å². The normalized spacial score (nSPS) is 30.8. The van der Waals surface area contributed by atoms with Gasteiger partial charge in [-0.15, -0.1) is 4.36 Å². The number of aryl methyl sites for hydroxylation is 1. The molecule has 1 unspecified atom stereocenters. The molecule has 1 N–H and O–H groups in total. The highest BCUT2D eigenvalue weighted by molar-refractivity contribution is 7.92. The molecule has 3 heterocycles. The third-order valence-corrected chi connectivity index (χ3v) is 13.3. The van der Waals surface area contributed by atoms with E-state index in [0.29, 0.717) is 51.6 Å². The van der Waals surface area contributed by atoms with Crippen molar-refractivity contribution in [2.24, 2.45) is 22.1 Å². The molecule has 1 aliphatic carbocycles. The highest BCUT2D eigenvalue weighted by atomic mass is 35.5. The Labute approximate surface area is 327 Å². The Balaban J connectivity index is 0.00000276. The quantitative estimate of drug-likeness (QED) is 0.321. The average Bonchev–Trinajstić information content (AvgIpc) is 3.30.